The Morgan fingerprint density at radius 3 is 2.43 bits per heavy atom. The third-order valence-corrected chi connectivity index (χ3v) is 3.25. The fourth-order valence-corrected chi connectivity index (χ4v) is 1.98. The molecule has 2 unspecified atom stereocenters. The van der Waals surface area contributed by atoms with Crippen molar-refractivity contribution in [3.63, 3.8) is 0 Å². The summed E-state index contributed by atoms with van der Waals surface area (Å²) in [5.74, 6) is -1.99. The quantitative estimate of drug-likeness (QED) is 0.628. The third kappa shape index (κ3) is 4.38. The lowest BCUT2D eigenvalue weighted by molar-refractivity contribution is -0.141. The Labute approximate surface area is 83.9 Å². The lowest BCUT2D eigenvalue weighted by Crippen LogP contribution is -2.40. The van der Waals surface area contributed by atoms with Crippen LogP contribution in [0.25, 0.3) is 0 Å². The molecule has 2 N–H and O–H groups in total. The second kappa shape index (κ2) is 5.11. The number of aliphatic carboxylic acids is 1. The summed E-state index contributed by atoms with van der Waals surface area (Å²) in [6.07, 6.45) is 1.25. The normalized spacial score (nSPS) is 15.9. The van der Waals surface area contributed by atoms with Gasteiger partial charge in [-0.3, -0.25) is 4.79 Å². The maximum atomic E-state index is 11.2. The minimum atomic E-state index is -3.44. The van der Waals surface area contributed by atoms with Gasteiger partial charge in [0.25, 0.3) is 0 Å². The molecule has 0 aliphatic carbocycles. The molecule has 0 bridgehead atoms. The van der Waals surface area contributed by atoms with Crippen molar-refractivity contribution in [1.82, 2.24) is 4.72 Å². The van der Waals surface area contributed by atoms with Gasteiger partial charge in [-0.2, -0.15) is 0 Å². The molecule has 0 radical (unpaired) electrons. The zero-order valence-electron chi connectivity index (χ0n) is 8.23. The minimum absolute atomic E-state index is 0.205. The first-order valence-electron chi connectivity index (χ1n) is 4.14. The average Bonchev–Trinajstić information content (AvgIpc) is 2.01. The first-order valence-corrected chi connectivity index (χ1v) is 5.79. The van der Waals surface area contributed by atoms with Crippen LogP contribution in [0.3, 0.4) is 0 Å². The molecule has 14 heavy (non-hydrogen) atoms. The second-order valence-corrected chi connectivity index (χ2v) is 4.90. The molecule has 0 saturated carbocycles. The van der Waals surface area contributed by atoms with Crippen molar-refractivity contribution < 1.29 is 18.3 Å². The van der Waals surface area contributed by atoms with Crippen LogP contribution in [0.5, 0.6) is 0 Å². The van der Waals surface area contributed by atoms with Crippen molar-refractivity contribution in [2.45, 2.75) is 19.9 Å². The highest BCUT2D eigenvalue weighted by atomic mass is 32.2. The Morgan fingerprint density at radius 1 is 1.57 bits per heavy atom. The number of carboxylic acids is 1. The van der Waals surface area contributed by atoms with E-state index in [0.29, 0.717) is 0 Å². The lowest BCUT2D eigenvalue weighted by atomic mass is 10.1. The van der Waals surface area contributed by atoms with E-state index in [1.165, 1.54) is 19.9 Å². The minimum Gasteiger partial charge on any atom is -0.481 e. The average molecular weight is 221 g/mol. The van der Waals surface area contributed by atoms with Crippen LogP contribution in [0, 0.1) is 5.92 Å². The molecule has 0 aromatic heterocycles. The molecular formula is C8H15NO4S. The van der Waals surface area contributed by atoms with Crippen molar-refractivity contribution in [2.75, 3.05) is 5.75 Å². The van der Waals surface area contributed by atoms with Gasteiger partial charge in [-0.25, -0.2) is 13.1 Å². The van der Waals surface area contributed by atoms with Gasteiger partial charge in [-0.1, -0.05) is 13.0 Å². The molecule has 0 spiro atoms. The van der Waals surface area contributed by atoms with E-state index in [1.807, 2.05) is 0 Å². The van der Waals surface area contributed by atoms with Crippen molar-refractivity contribution in [3.05, 3.63) is 12.7 Å². The van der Waals surface area contributed by atoms with Crippen LogP contribution in [0.2, 0.25) is 0 Å². The zero-order chi connectivity index (χ0) is 11.4. The highest BCUT2D eigenvalue weighted by Gasteiger charge is 2.23. The van der Waals surface area contributed by atoms with E-state index >= 15 is 0 Å². The van der Waals surface area contributed by atoms with Gasteiger partial charge >= 0.3 is 5.97 Å². The third-order valence-electron chi connectivity index (χ3n) is 1.84. The van der Waals surface area contributed by atoms with Gasteiger partial charge in [-0.05, 0) is 6.92 Å². The number of nitrogens with one attached hydrogen (secondary N) is 1. The molecule has 0 fully saturated rings. The Kier molecular flexibility index (Phi) is 4.79. The largest absolute Gasteiger partial charge is 0.481 e. The van der Waals surface area contributed by atoms with E-state index in [-0.39, 0.29) is 5.75 Å². The number of carbonyl (C=O) groups is 1. The van der Waals surface area contributed by atoms with E-state index in [1.54, 1.807) is 0 Å². The fraction of sp³-hybridized carbons (Fsp3) is 0.625. The monoisotopic (exact) mass is 221 g/mol. The lowest BCUT2D eigenvalue weighted by Gasteiger charge is -2.16. The van der Waals surface area contributed by atoms with Gasteiger partial charge in [-0.15, -0.1) is 6.58 Å². The zero-order valence-corrected chi connectivity index (χ0v) is 9.04. The summed E-state index contributed by atoms with van der Waals surface area (Å²) in [7, 11) is -3.44. The molecule has 0 aromatic rings. The van der Waals surface area contributed by atoms with Crippen LogP contribution < -0.4 is 4.72 Å². The molecule has 0 heterocycles. The Morgan fingerprint density at radius 2 is 2.07 bits per heavy atom. The summed E-state index contributed by atoms with van der Waals surface area (Å²) in [5.41, 5.74) is 0. The fourth-order valence-electron chi connectivity index (χ4n) is 0.802. The van der Waals surface area contributed by atoms with Crippen LogP contribution in [0.4, 0.5) is 0 Å². The molecule has 0 aliphatic heterocycles. The van der Waals surface area contributed by atoms with E-state index in [2.05, 4.69) is 11.3 Å². The van der Waals surface area contributed by atoms with Crippen molar-refractivity contribution in [2.24, 2.45) is 5.92 Å². The number of rotatable bonds is 6. The molecule has 0 saturated heterocycles. The molecule has 0 amide bonds. The van der Waals surface area contributed by atoms with Gasteiger partial charge in [0.1, 0.15) is 0 Å². The second-order valence-electron chi connectivity index (χ2n) is 3.10. The van der Waals surface area contributed by atoms with Crippen molar-refractivity contribution in [3.8, 4) is 0 Å². The number of hydrogen-bond acceptors (Lipinski definition) is 3. The summed E-state index contributed by atoms with van der Waals surface area (Å²) >= 11 is 0. The van der Waals surface area contributed by atoms with Gasteiger partial charge in [0.2, 0.25) is 10.0 Å². The maximum absolute atomic E-state index is 11.2. The van der Waals surface area contributed by atoms with Crippen LogP contribution >= 0.6 is 0 Å². The molecule has 6 heteroatoms. The van der Waals surface area contributed by atoms with Crippen LogP contribution in [-0.2, 0) is 14.8 Å². The van der Waals surface area contributed by atoms with E-state index < -0.39 is 28.0 Å². The van der Waals surface area contributed by atoms with E-state index in [9.17, 15) is 13.2 Å². The molecule has 2 atom stereocenters. The van der Waals surface area contributed by atoms with Gasteiger partial charge in [0.15, 0.2) is 0 Å². The van der Waals surface area contributed by atoms with Crippen LogP contribution in [-0.4, -0.2) is 31.3 Å². The van der Waals surface area contributed by atoms with E-state index in [4.69, 9.17) is 5.11 Å². The summed E-state index contributed by atoms with van der Waals surface area (Å²) in [4.78, 5) is 10.5. The smallest absolute Gasteiger partial charge is 0.307 e. The number of carboxylic acid groups (broad SMARTS) is 1. The van der Waals surface area contributed by atoms with Crippen LogP contribution in [0.15, 0.2) is 12.7 Å². The highest BCUT2D eigenvalue weighted by Crippen LogP contribution is 2.04. The standard InChI is InChI=1S/C8H15NO4S/c1-4-5-14(12,13)9-7(3)6(2)8(10)11/h4,6-7,9H,1,5H2,2-3H3,(H,10,11). The topological polar surface area (TPSA) is 83.5 Å². The van der Waals surface area contributed by atoms with Gasteiger partial charge in [0.05, 0.1) is 11.7 Å². The Hall–Kier alpha value is -0.880. The molecule has 0 aliphatic rings. The SMILES string of the molecule is C=CCS(=O)(=O)NC(C)C(C)C(=O)O. The predicted molar refractivity (Wildman–Crippen MR) is 53.4 cm³/mol. The summed E-state index contributed by atoms with van der Waals surface area (Å²) < 4.78 is 24.6. The summed E-state index contributed by atoms with van der Waals surface area (Å²) in [6, 6.07) is -0.627. The van der Waals surface area contributed by atoms with Crippen molar-refractivity contribution >= 4 is 16.0 Å². The molecular weight excluding hydrogens is 206 g/mol. The first-order chi connectivity index (χ1) is 6.30. The Bertz CT molecular complexity index is 309. The Balaban J connectivity index is 4.39. The van der Waals surface area contributed by atoms with Crippen LogP contribution in [0.1, 0.15) is 13.8 Å². The van der Waals surface area contributed by atoms with Gasteiger partial charge in [0, 0.05) is 6.04 Å². The molecule has 0 aromatic carbocycles. The molecule has 5 nitrogen and oxygen atoms in total. The summed E-state index contributed by atoms with van der Waals surface area (Å²) in [6.45, 7) is 6.26. The highest BCUT2D eigenvalue weighted by molar-refractivity contribution is 7.89. The molecule has 82 valence electrons. The number of sulfonamides is 1. The predicted octanol–water partition coefficient (Wildman–Crippen LogP) is 0.201. The first kappa shape index (κ1) is 13.1. The summed E-state index contributed by atoms with van der Waals surface area (Å²) in [5, 5.41) is 8.62. The van der Waals surface area contributed by atoms with E-state index in [0.717, 1.165) is 0 Å². The number of hydrogen-bond donors (Lipinski definition) is 2. The van der Waals surface area contributed by atoms with Crippen molar-refractivity contribution in [1.29, 1.82) is 0 Å². The maximum Gasteiger partial charge on any atom is 0.307 e. The van der Waals surface area contributed by atoms with Gasteiger partial charge < -0.3 is 5.11 Å². The molecule has 0 rings (SSSR count).